The highest BCUT2D eigenvalue weighted by atomic mass is 16.5. The van der Waals surface area contributed by atoms with E-state index in [1.54, 1.807) is 7.11 Å². The molecule has 0 aromatic heterocycles. The summed E-state index contributed by atoms with van der Waals surface area (Å²) in [6.07, 6.45) is 2.26. The predicted molar refractivity (Wildman–Crippen MR) is 85.3 cm³/mol. The molecule has 0 unspecified atom stereocenters. The van der Waals surface area contributed by atoms with Crippen molar-refractivity contribution in [2.45, 2.75) is 12.8 Å². The van der Waals surface area contributed by atoms with E-state index in [0.29, 0.717) is 0 Å². The maximum atomic E-state index is 5.49. The van der Waals surface area contributed by atoms with E-state index in [2.05, 4.69) is 55.4 Å². The highest BCUT2D eigenvalue weighted by Crippen LogP contribution is 2.32. The monoisotopic (exact) mass is 269 g/mol. The molecule has 2 nitrogen and oxygen atoms in total. The summed E-state index contributed by atoms with van der Waals surface area (Å²) in [5, 5.41) is 0. The number of hydrogen-bond acceptors (Lipinski definition) is 2. The van der Waals surface area contributed by atoms with E-state index in [0.717, 1.165) is 18.7 Å². The van der Waals surface area contributed by atoms with Crippen molar-refractivity contribution in [3.8, 4) is 16.9 Å². The van der Waals surface area contributed by atoms with E-state index in [4.69, 9.17) is 4.74 Å². The minimum absolute atomic E-state index is 0.938. The Morgan fingerprint density at radius 1 is 0.900 bits per heavy atom. The molecule has 0 saturated heterocycles. The molecule has 2 heteroatoms. The quantitative estimate of drug-likeness (QED) is 0.789. The van der Waals surface area contributed by atoms with Crippen LogP contribution in [0, 0.1) is 0 Å². The Morgan fingerprint density at radius 3 is 2.25 bits per heavy atom. The molecule has 0 amide bonds. The summed E-state index contributed by atoms with van der Waals surface area (Å²) in [6.45, 7) is 1.11. The SMILES string of the molecule is COc1ccccc1-c1ccccc1CCCN(C)C. The van der Waals surface area contributed by atoms with Crippen molar-refractivity contribution < 1.29 is 4.74 Å². The second-order valence-corrected chi connectivity index (χ2v) is 5.26. The third-order valence-electron chi connectivity index (χ3n) is 3.47. The van der Waals surface area contributed by atoms with Gasteiger partial charge in [-0.3, -0.25) is 0 Å². The van der Waals surface area contributed by atoms with Gasteiger partial charge in [-0.1, -0.05) is 42.5 Å². The first kappa shape index (κ1) is 14.6. The second kappa shape index (κ2) is 7.11. The molecule has 0 aliphatic heterocycles. The van der Waals surface area contributed by atoms with Crippen LogP contribution in [0.2, 0.25) is 0 Å². The van der Waals surface area contributed by atoms with Gasteiger partial charge in [0.15, 0.2) is 0 Å². The number of benzene rings is 2. The summed E-state index contributed by atoms with van der Waals surface area (Å²) < 4.78 is 5.49. The molecule has 2 aromatic rings. The lowest BCUT2D eigenvalue weighted by atomic mass is 9.96. The Morgan fingerprint density at radius 2 is 1.55 bits per heavy atom. The van der Waals surface area contributed by atoms with Crippen molar-refractivity contribution in [2.24, 2.45) is 0 Å². The summed E-state index contributed by atoms with van der Waals surface area (Å²) in [7, 11) is 5.96. The Labute approximate surface area is 122 Å². The smallest absolute Gasteiger partial charge is 0.126 e. The van der Waals surface area contributed by atoms with Crippen molar-refractivity contribution in [2.75, 3.05) is 27.7 Å². The number of rotatable bonds is 6. The lowest BCUT2D eigenvalue weighted by molar-refractivity contribution is 0.400. The normalized spacial score (nSPS) is 10.8. The van der Waals surface area contributed by atoms with Gasteiger partial charge in [0.25, 0.3) is 0 Å². The van der Waals surface area contributed by atoms with Crippen LogP contribution in [0.4, 0.5) is 0 Å². The molecule has 0 spiro atoms. The zero-order valence-electron chi connectivity index (χ0n) is 12.6. The average Bonchev–Trinajstić information content (AvgIpc) is 2.47. The zero-order chi connectivity index (χ0) is 14.4. The van der Waals surface area contributed by atoms with E-state index in [9.17, 15) is 0 Å². The van der Waals surface area contributed by atoms with E-state index >= 15 is 0 Å². The summed E-state index contributed by atoms with van der Waals surface area (Å²) in [6, 6.07) is 16.8. The molecule has 0 atom stereocenters. The lowest BCUT2D eigenvalue weighted by Gasteiger charge is -2.14. The largest absolute Gasteiger partial charge is 0.496 e. The van der Waals surface area contributed by atoms with Crippen LogP contribution in [0.5, 0.6) is 5.75 Å². The predicted octanol–water partition coefficient (Wildman–Crippen LogP) is 3.86. The third kappa shape index (κ3) is 3.61. The van der Waals surface area contributed by atoms with Gasteiger partial charge >= 0.3 is 0 Å². The molecule has 0 heterocycles. The van der Waals surface area contributed by atoms with E-state index < -0.39 is 0 Å². The van der Waals surface area contributed by atoms with Gasteiger partial charge in [0.2, 0.25) is 0 Å². The van der Waals surface area contributed by atoms with Gasteiger partial charge in [0.05, 0.1) is 7.11 Å². The highest BCUT2D eigenvalue weighted by molar-refractivity contribution is 5.73. The van der Waals surface area contributed by atoms with Crippen LogP contribution < -0.4 is 4.74 Å². The first-order valence-electron chi connectivity index (χ1n) is 7.08. The first-order chi connectivity index (χ1) is 9.72. The van der Waals surface area contributed by atoms with Gasteiger partial charge in [-0.15, -0.1) is 0 Å². The van der Waals surface area contributed by atoms with Crippen LogP contribution in [0.1, 0.15) is 12.0 Å². The molecule has 0 saturated carbocycles. The maximum absolute atomic E-state index is 5.49. The number of aryl methyl sites for hydroxylation is 1. The number of hydrogen-bond donors (Lipinski definition) is 0. The van der Waals surface area contributed by atoms with Crippen molar-refractivity contribution in [3.63, 3.8) is 0 Å². The topological polar surface area (TPSA) is 12.5 Å². The number of ether oxygens (including phenoxy) is 1. The molecule has 0 aliphatic rings. The summed E-state index contributed by atoms with van der Waals surface area (Å²) >= 11 is 0. The second-order valence-electron chi connectivity index (χ2n) is 5.26. The van der Waals surface area contributed by atoms with Gasteiger partial charge in [0, 0.05) is 5.56 Å². The molecule has 0 radical (unpaired) electrons. The molecule has 106 valence electrons. The van der Waals surface area contributed by atoms with Crippen molar-refractivity contribution in [1.82, 2.24) is 4.90 Å². The minimum atomic E-state index is 0.938. The van der Waals surface area contributed by atoms with Crippen LogP contribution in [0.3, 0.4) is 0 Å². The Hall–Kier alpha value is -1.80. The van der Waals surface area contributed by atoms with Crippen molar-refractivity contribution >= 4 is 0 Å². The molecule has 20 heavy (non-hydrogen) atoms. The van der Waals surface area contributed by atoms with Crippen LogP contribution in [0.15, 0.2) is 48.5 Å². The molecule has 0 fully saturated rings. The standard InChI is InChI=1S/C18H23NO/c1-19(2)14-8-10-15-9-4-5-11-16(15)17-12-6-7-13-18(17)20-3/h4-7,9,11-13H,8,10,14H2,1-3H3. The average molecular weight is 269 g/mol. The molecule has 0 bridgehead atoms. The highest BCUT2D eigenvalue weighted by Gasteiger charge is 2.09. The van der Waals surface area contributed by atoms with Gasteiger partial charge in [0.1, 0.15) is 5.75 Å². The summed E-state index contributed by atoms with van der Waals surface area (Å²) in [5.74, 6) is 0.938. The number of para-hydroxylation sites is 1. The van der Waals surface area contributed by atoms with Gasteiger partial charge < -0.3 is 9.64 Å². The fourth-order valence-corrected chi connectivity index (χ4v) is 2.45. The van der Waals surface area contributed by atoms with Crippen molar-refractivity contribution in [1.29, 1.82) is 0 Å². The summed E-state index contributed by atoms with van der Waals surface area (Å²) in [4.78, 5) is 2.23. The van der Waals surface area contributed by atoms with Gasteiger partial charge in [-0.05, 0) is 50.7 Å². The Kier molecular flexibility index (Phi) is 5.19. The number of methoxy groups -OCH3 is 1. The molecule has 0 aliphatic carbocycles. The summed E-state index contributed by atoms with van der Waals surface area (Å²) in [5.41, 5.74) is 3.85. The van der Waals surface area contributed by atoms with Crippen LogP contribution in [-0.2, 0) is 6.42 Å². The maximum Gasteiger partial charge on any atom is 0.126 e. The minimum Gasteiger partial charge on any atom is -0.496 e. The van der Waals surface area contributed by atoms with Gasteiger partial charge in [-0.25, -0.2) is 0 Å². The first-order valence-corrected chi connectivity index (χ1v) is 7.08. The van der Waals surface area contributed by atoms with E-state index in [1.807, 2.05) is 12.1 Å². The number of nitrogens with zero attached hydrogens (tertiary/aromatic N) is 1. The molecule has 0 N–H and O–H groups in total. The van der Waals surface area contributed by atoms with E-state index in [-0.39, 0.29) is 0 Å². The zero-order valence-corrected chi connectivity index (χ0v) is 12.6. The van der Waals surface area contributed by atoms with Crippen LogP contribution >= 0.6 is 0 Å². The van der Waals surface area contributed by atoms with Crippen LogP contribution in [0.25, 0.3) is 11.1 Å². The molecule has 2 rings (SSSR count). The van der Waals surface area contributed by atoms with Crippen LogP contribution in [-0.4, -0.2) is 32.6 Å². The third-order valence-corrected chi connectivity index (χ3v) is 3.47. The Balaban J connectivity index is 2.27. The van der Waals surface area contributed by atoms with Crippen molar-refractivity contribution in [3.05, 3.63) is 54.1 Å². The Bertz CT molecular complexity index is 549. The molecular formula is C18H23NO. The lowest BCUT2D eigenvalue weighted by Crippen LogP contribution is -2.13. The molecular weight excluding hydrogens is 246 g/mol. The van der Waals surface area contributed by atoms with E-state index in [1.165, 1.54) is 23.1 Å². The fourth-order valence-electron chi connectivity index (χ4n) is 2.45. The molecule has 2 aromatic carbocycles. The van der Waals surface area contributed by atoms with Gasteiger partial charge in [-0.2, -0.15) is 0 Å². The fraction of sp³-hybridized carbons (Fsp3) is 0.333.